The second-order valence-electron chi connectivity index (χ2n) is 7.22. The number of halogens is 1. The number of rotatable bonds is 7. The zero-order valence-corrected chi connectivity index (χ0v) is 18.0. The van der Waals surface area contributed by atoms with Crippen molar-refractivity contribution >= 4 is 33.3 Å². The van der Waals surface area contributed by atoms with Crippen molar-refractivity contribution in [1.82, 2.24) is 9.55 Å². The first-order valence-electron chi connectivity index (χ1n) is 9.92. The molecule has 8 heteroatoms. The molecule has 2 aromatic heterocycles. The summed E-state index contributed by atoms with van der Waals surface area (Å²) in [6, 6.07) is 14.8. The van der Waals surface area contributed by atoms with Crippen LogP contribution in [0.5, 0.6) is 0 Å². The van der Waals surface area contributed by atoms with E-state index in [0.29, 0.717) is 32.6 Å². The average Bonchev–Trinajstić information content (AvgIpc) is 3.14. The number of ketones is 1. The van der Waals surface area contributed by atoms with Gasteiger partial charge < -0.3 is 4.74 Å². The van der Waals surface area contributed by atoms with Gasteiger partial charge in [0, 0.05) is 12.0 Å². The molecule has 4 aromatic rings. The highest BCUT2D eigenvalue weighted by Gasteiger charge is 2.21. The SMILES string of the molecule is Cc1c(C(=O)OCCc2ccccc2)sc2ncn(CC(=O)c3ccc(F)cc3)c(=O)c12. The number of aromatic nitrogens is 2. The van der Waals surface area contributed by atoms with E-state index in [4.69, 9.17) is 4.74 Å². The van der Waals surface area contributed by atoms with E-state index < -0.39 is 17.3 Å². The third-order valence-corrected chi connectivity index (χ3v) is 6.23. The maximum Gasteiger partial charge on any atom is 0.348 e. The molecule has 32 heavy (non-hydrogen) atoms. The molecular formula is C24H19FN2O4S. The van der Waals surface area contributed by atoms with Gasteiger partial charge in [0.1, 0.15) is 15.5 Å². The predicted molar refractivity (Wildman–Crippen MR) is 120 cm³/mol. The number of nitrogens with zero attached hydrogens (tertiary/aromatic N) is 2. The van der Waals surface area contributed by atoms with Gasteiger partial charge in [-0.15, -0.1) is 11.3 Å². The third-order valence-electron chi connectivity index (χ3n) is 5.05. The molecule has 0 saturated heterocycles. The Bertz CT molecular complexity index is 1340. The summed E-state index contributed by atoms with van der Waals surface area (Å²) in [7, 11) is 0. The highest BCUT2D eigenvalue weighted by Crippen LogP contribution is 2.27. The van der Waals surface area contributed by atoms with Gasteiger partial charge in [-0.05, 0) is 42.3 Å². The summed E-state index contributed by atoms with van der Waals surface area (Å²) in [5.74, 6) is -1.30. The van der Waals surface area contributed by atoms with Crippen LogP contribution in [0.1, 0.15) is 31.2 Å². The fraction of sp³-hybridized carbons (Fsp3) is 0.167. The van der Waals surface area contributed by atoms with Gasteiger partial charge in [-0.1, -0.05) is 30.3 Å². The molecule has 6 nitrogen and oxygen atoms in total. The average molecular weight is 450 g/mol. The van der Waals surface area contributed by atoms with Crippen molar-refractivity contribution in [1.29, 1.82) is 0 Å². The number of carbonyl (C=O) groups excluding carboxylic acids is 2. The zero-order chi connectivity index (χ0) is 22.7. The highest BCUT2D eigenvalue weighted by molar-refractivity contribution is 7.20. The van der Waals surface area contributed by atoms with E-state index in [1.807, 2.05) is 30.3 Å². The summed E-state index contributed by atoms with van der Waals surface area (Å²) in [6.45, 7) is 1.65. The molecule has 0 spiro atoms. The first-order chi connectivity index (χ1) is 15.4. The number of hydrogen-bond donors (Lipinski definition) is 0. The number of fused-ring (bicyclic) bond motifs is 1. The number of Topliss-reactive ketones (excluding diaryl/α,β-unsaturated/α-hetero) is 1. The molecule has 162 valence electrons. The minimum Gasteiger partial charge on any atom is -0.461 e. The van der Waals surface area contributed by atoms with Crippen LogP contribution in [0.15, 0.2) is 65.7 Å². The smallest absolute Gasteiger partial charge is 0.348 e. The minimum atomic E-state index is -0.505. The fourth-order valence-electron chi connectivity index (χ4n) is 3.32. The van der Waals surface area contributed by atoms with E-state index in [0.717, 1.165) is 16.9 Å². The predicted octanol–water partition coefficient (Wildman–Crippen LogP) is 4.19. The Labute approximate surface area is 186 Å². The van der Waals surface area contributed by atoms with Gasteiger partial charge in [0.2, 0.25) is 0 Å². The minimum absolute atomic E-state index is 0.223. The van der Waals surface area contributed by atoms with E-state index in [1.165, 1.54) is 35.2 Å². The number of carbonyl (C=O) groups is 2. The van der Waals surface area contributed by atoms with Crippen LogP contribution < -0.4 is 5.56 Å². The van der Waals surface area contributed by atoms with Crippen molar-refractivity contribution in [2.75, 3.05) is 6.61 Å². The van der Waals surface area contributed by atoms with Gasteiger partial charge in [0.15, 0.2) is 5.78 Å². The Hall–Kier alpha value is -3.65. The van der Waals surface area contributed by atoms with Gasteiger partial charge in [-0.25, -0.2) is 14.2 Å². The standard InChI is InChI=1S/C24H19FN2O4S/c1-15-20-22(32-21(15)24(30)31-12-11-16-5-3-2-4-6-16)26-14-27(23(20)29)13-19(28)17-7-9-18(25)10-8-17/h2-10,14H,11-13H2,1H3. The molecule has 0 aliphatic carbocycles. The molecule has 0 aliphatic heterocycles. The quantitative estimate of drug-likeness (QED) is 0.312. The fourth-order valence-corrected chi connectivity index (χ4v) is 4.35. The first kappa shape index (κ1) is 21.6. The molecule has 0 saturated carbocycles. The maximum atomic E-state index is 13.1. The summed E-state index contributed by atoms with van der Waals surface area (Å²) in [6.07, 6.45) is 1.87. The van der Waals surface area contributed by atoms with Crippen LogP contribution in [-0.4, -0.2) is 27.9 Å². The second-order valence-corrected chi connectivity index (χ2v) is 8.21. The molecule has 0 atom stereocenters. The molecule has 0 N–H and O–H groups in total. The number of aryl methyl sites for hydroxylation is 1. The van der Waals surface area contributed by atoms with Gasteiger partial charge in [0.25, 0.3) is 5.56 Å². The monoisotopic (exact) mass is 450 g/mol. The van der Waals surface area contributed by atoms with E-state index in [2.05, 4.69) is 4.98 Å². The maximum absolute atomic E-state index is 13.1. The van der Waals surface area contributed by atoms with Crippen molar-refractivity contribution in [2.45, 2.75) is 19.9 Å². The summed E-state index contributed by atoms with van der Waals surface area (Å²) in [5, 5.41) is 0.291. The van der Waals surface area contributed by atoms with Gasteiger partial charge in [0.05, 0.1) is 24.9 Å². The van der Waals surface area contributed by atoms with Crippen molar-refractivity contribution in [2.24, 2.45) is 0 Å². The molecule has 0 radical (unpaired) electrons. The Morgan fingerprint density at radius 2 is 1.81 bits per heavy atom. The van der Waals surface area contributed by atoms with Crippen molar-refractivity contribution < 1.29 is 18.7 Å². The summed E-state index contributed by atoms with van der Waals surface area (Å²) >= 11 is 1.09. The van der Waals surface area contributed by atoms with Gasteiger partial charge in [-0.3, -0.25) is 14.2 Å². The zero-order valence-electron chi connectivity index (χ0n) is 17.2. The lowest BCUT2D eigenvalue weighted by Gasteiger charge is -2.05. The normalized spacial score (nSPS) is 10.9. The van der Waals surface area contributed by atoms with Crippen LogP contribution in [0.3, 0.4) is 0 Å². The Kier molecular flexibility index (Phi) is 6.23. The molecule has 0 unspecified atom stereocenters. The molecule has 0 amide bonds. The number of hydrogen-bond acceptors (Lipinski definition) is 6. The number of esters is 1. The van der Waals surface area contributed by atoms with E-state index in [-0.39, 0.29) is 18.9 Å². The van der Waals surface area contributed by atoms with Crippen LogP contribution in [0.2, 0.25) is 0 Å². The Morgan fingerprint density at radius 3 is 2.53 bits per heavy atom. The molecule has 4 rings (SSSR count). The summed E-state index contributed by atoms with van der Waals surface area (Å²) in [5.41, 5.74) is 1.42. The van der Waals surface area contributed by atoms with Gasteiger partial charge >= 0.3 is 5.97 Å². The van der Waals surface area contributed by atoms with Crippen molar-refractivity contribution in [3.05, 3.63) is 98.7 Å². The third kappa shape index (κ3) is 4.50. The number of benzene rings is 2. The summed E-state index contributed by atoms with van der Waals surface area (Å²) < 4.78 is 19.7. The first-order valence-corrected chi connectivity index (χ1v) is 10.7. The summed E-state index contributed by atoms with van der Waals surface area (Å²) in [4.78, 5) is 43.0. The van der Waals surface area contributed by atoms with Crippen LogP contribution in [0, 0.1) is 12.7 Å². The molecular weight excluding hydrogens is 431 g/mol. The lowest BCUT2D eigenvalue weighted by Crippen LogP contribution is -2.24. The largest absolute Gasteiger partial charge is 0.461 e. The van der Waals surface area contributed by atoms with Crippen molar-refractivity contribution in [3.63, 3.8) is 0 Å². The number of thiophene rings is 1. The Balaban J connectivity index is 1.52. The Morgan fingerprint density at radius 1 is 1.09 bits per heavy atom. The van der Waals surface area contributed by atoms with Gasteiger partial charge in [-0.2, -0.15) is 0 Å². The van der Waals surface area contributed by atoms with Crippen LogP contribution in [0.4, 0.5) is 4.39 Å². The van der Waals surface area contributed by atoms with Crippen LogP contribution in [-0.2, 0) is 17.7 Å². The van der Waals surface area contributed by atoms with E-state index in [1.54, 1.807) is 6.92 Å². The lowest BCUT2D eigenvalue weighted by atomic mass is 10.1. The molecule has 2 heterocycles. The highest BCUT2D eigenvalue weighted by atomic mass is 32.1. The van der Waals surface area contributed by atoms with Crippen LogP contribution >= 0.6 is 11.3 Å². The van der Waals surface area contributed by atoms with E-state index >= 15 is 0 Å². The molecule has 0 fully saturated rings. The van der Waals surface area contributed by atoms with E-state index in [9.17, 15) is 18.8 Å². The second kappa shape index (κ2) is 9.23. The lowest BCUT2D eigenvalue weighted by molar-refractivity contribution is 0.0514. The molecule has 0 aliphatic rings. The molecule has 2 aromatic carbocycles. The molecule has 0 bridgehead atoms. The number of ether oxygens (including phenoxy) is 1. The topological polar surface area (TPSA) is 78.3 Å². The van der Waals surface area contributed by atoms with Crippen LogP contribution in [0.25, 0.3) is 10.2 Å². The van der Waals surface area contributed by atoms with Crippen molar-refractivity contribution in [3.8, 4) is 0 Å².